The SMILES string of the molecule is CCc1ccc(S(=O)(=O)N2CCSC(C)(C)C2)cc1CO. The first-order chi connectivity index (χ1) is 9.80. The highest BCUT2D eigenvalue weighted by molar-refractivity contribution is 8.00. The second-order valence-electron chi connectivity index (χ2n) is 5.89. The van der Waals surface area contributed by atoms with Crippen LogP contribution >= 0.6 is 11.8 Å². The maximum atomic E-state index is 12.8. The van der Waals surface area contributed by atoms with Gasteiger partial charge in [0.2, 0.25) is 10.0 Å². The summed E-state index contributed by atoms with van der Waals surface area (Å²) in [7, 11) is -3.48. The van der Waals surface area contributed by atoms with Gasteiger partial charge >= 0.3 is 0 Å². The Morgan fingerprint density at radius 1 is 1.33 bits per heavy atom. The average molecular weight is 329 g/mol. The van der Waals surface area contributed by atoms with E-state index in [1.807, 2.05) is 13.0 Å². The molecule has 0 atom stereocenters. The van der Waals surface area contributed by atoms with Crippen molar-refractivity contribution in [2.45, 2.75) is 43.4 Å². The molecule has 1 aliphatic rings. The molecule has 4 nitrogen and oxygen atoms in total. The number of hydrogen-bond donors (Lipinski definition) is 1. The normalized spacial score (nSPS) is 19.6. The monoisotopic (exact) mass is 329 g/mol. The molecule has 1 saturated heterocycles. The number of aryl methyl sites for hydroxylation is 1. The number of hydrogen-bond acceptors (Lipinski definition) is 4. The fourth-order valence-corrected chi connectivity index (χ4v) is 5.54. The van der Waals surface area contributed by atoms with Gasteiger partial charge in [0.05, 0.1) is 11.5 Å². The molecule has 2 rings (SSSR count). The molecule has 1 heterocycles. The number of sulfonamides is 1. The lowest BCUT2D eigenvalue weighted by atomic mass is 10.1. The predicted octanol–water partition coefficient (Wildman–Crippen LogP) is 2.26. The number of nitrogens with zero attached hydrogens (tertiary/aromatic N) is 1. The summed E-state index contributed by atoms with van der Waals surface area (Å²) in [4.78, 5) is 0.284. The highest BCUT2D eigenvalue weighted by Gasteiger charge is 2.34. The smallest absolute Gasteiger partial charge is 0.243 e. The zero-order valence-corrected chi connectivity index (χ0v) is 14.4. The number of aliphatic hydroxyl groups excluding tert-OH is 1. The summed E-state index contributed by atoms with van der Waals surface area (Å²) >= 11 is 1.80. The van der Waals surface area contributed by atoms with Gasteiger partial charge in [0.15, 0.2) is 0 Å². The molecule has 118 valence electrons. The van der Waals surface area contributed by atoms with Gasteiger partial charge < -0.3 is 5.11 Å². The molecule has 6 heteroatoms. The van der Waals surface area contributed by atoms with Gasteiger partial charge in [-0.3, -0.25) is 0 Å². The van der Waals surface area contributed by atoms with E-state index in [4.69, 9.17) is 0 Å². The summed E-state index contributed by atoms with van der Waals surface area (Å²) in [5.41, 5.74) is 1.69. The van der Waals surface area contributed by atoms with Gasteiger partial charge in [-0.2, -0.15) is 16.1 Å². The molecule has 21 heavy (non-hydrogen) atoms. The van der Waals surface area contributed by atoms with Crippen molar-refractivity contribution in [1.82, 2.24) is 4.31 Å². The largest absolute Gasteiger partial charge is 0.392 e. The van der Waals surface area contributed by atoms with Crippen LogP contribution in [0.15, 0.2) is 23.1 Å². The summed E-state index contributed by atoms with van der Waals surface area (Å²) in [6.45, 7) is 7.06. The Morgan fingerprint density at radius 2 is 2.05 bits per heavy atom. The van der Waals surface area contributed by atoms with E-state index in [0.29, 0.717) is 18.7 Å². The van der Waals surface area contributed by atoms with Crippen molar-refractivity contribution >= 4 is 21.8 Å². The quantitative estimate of drug-likeness (QED) is 0.920. The summed E-state index contributed by atoms with van der Waals surface area (Å²) in [6.07, 6.45) is 0.781. The lowest BCUT2D eigenvalue weighted by Crippen LogP contribution is -2.46. The van der Waals surface area contributed by atoms with Crippen LogP contribution in [0.3, 0.4) is 0 Å². The lowest BCUT2D eigenvalue weighted by molar-refractivity contribution is 0.280. The first-order valence-corrected chi connectivity index (χ1v) is 9.59. The fourth-order valence-electron chi connectivity index (χ4n) is 2.58. The van der Waals surface area contributed by atoms with Crippen molar-refractivity contribution in [2.24, 2.45) is 0 Å². The molecule has 1 N–H and O–H groups in total. The summed E-state index contributed by atoms with van der Waals surface area (Å²) in [5.74, 6) is 0.812. The minimum Gasteiger partial charge on any atom is -0.392 e. The van der Waals surface area contributed by atoms with Crippen molar-refractivity contribution in [3.8, 4) is 0 Å². The van der Waals surface area contributed by atoms with Gasteiger partial charge in [-0.05, 0) is 43.5 Å². The highest BCUT2D eigenvalue weighted by atomic mass is 32.2. The van der Waals surface area contributed by atoms with Crippen molar-refractivity contribution in [1.29, 1.82) is 0 Å². The fraction of sp³-hybridized carbons (Fsp3) is 0.600. The van der Waals surface area contributed by atoms with Crippen molar-refractivity contribution < 1.29 is 13.5 Å². The Kier molecular flexibility index (Phi) is 5.03. The van der Waals surface area contributed by atoms with Crippen LogP contribution in [0.1, 0.15) is 31.9 Å². The summed E-state index contributed by atoms with van der Waals surface area (Å²) in [5, 5.41) is 9.42. The highest BCUT2D eigenvalue weighted by Crippen LogP contribution is 2.32. The molecule has 1 aromatic rings. The third-order valence-corrected chi connectivity index (χ3v) is 6.90. The van der Waals surface area contributed by atoms with E-state index in [0.717, 1.165) is 17.7 Å². The summed E-state index contributed by atoms with van der Waals surface area (Å²) in [6, 6.07) is 5.08. The molecule has 0 spiro atoms. The maximum absolute atomic E-state index is 12.8. The van der Waals surface area contributed by atoms with Gasteiger partial charge in [-0.15, -0.1) is 0 Å². The van der Waals surface area contributed by atoms with Gasteiger partial charge in [-0.1, -0.05) is 13.0 Å². The molecule has 1 fully saturated rings. The van der Waals surface area contributed by atoms with Crippen molar-refractivity contribution in [2.75, 3.05) is 18.8 Å². The first kappa shape index (κ1) is 16.8. The van der Waals surface area contributed by atoms with Crippen molar-refractivity contribution in [3.63, 3.8) is 0 Å². The zero-order valence-electron chi connectivity index (χ0n) is 12.8. The average Bonchev–Trinajstić information content (AvgIpc) is 2.45. The van der Waals surface area contributed by atoms with E-state index in [-0.39, 0.29) is 16.2 Å². The number of benzene rings is 1. The van der Waals surface area contributed by atoms with Crippen LogP contribution in [0.5, 0.6) is 0 Å². The first-order valence-electron chi connectivity index (χ1n) is 7.17. The maximum Gasteiger partial charge on any atom is 0.243 e. The third-order valence-electron chi connectivity index (χ3n) is 3.76. The van der Waals surface area contributed by atoms with E-state index >= 15 is 0 Å². The minimum atomic E-state index is -3.48. The molecule has 0 radical (unpaired) electrons. The van der Waals surface area contributed by atoms with Crippen LogP contribution in [0.25, 0.3) is 0 Å². The molecule has 0 unspecified atom stereocenters. The molecule has 0 aliphatic carbocycles. The van der Waals surface area contributed by atoms with Gasteiger partial charge in [0.1, 0.15) is 0 Å². The molecule has 0 saturated carbocycles. The van der Waals surface area contributed by atoms with Gasteiger partial charge in [-0.25, -0.2) is 8.42 Å². The van der Waals surface area contributed by atoms with E-state index in [1.54, 1.807) is 28.2 Å². The number of rotatable bonds is 4. The van der Waals surface area contributed by atoms with Crippen LogP contribution in [0.4, 0.5) is 0 Å². The molecule has 1 aromatic carbocycles. The summed E-state index contributed by atoms with van der Waals surface area (Å²) < 4.78 is 27.1. The van der Waals surface area contributed by atoms with E-state index in [2.05, 4.69) is 13.8 Å². The zero-order chi connectivity index (χ0) is 15.7. The molecule has 0 amide bonds. The van der Waals surface area contributed by atoms with Gasteiger partial charge in [0, 0.05) is 23.6 Å². The van der Waals surface area contributed by atoms with Crippen molar-refractivity contribution in [3.05, 3.63) is 29.3 Å². The Hall–Kier alpha value is -0.560. The molecular weight excluding hydrogens is 306 g/mol. The van der Waals surface area contributed by atoms with Crippen LogP contribution < -0.4 is 0 Å². The van der Waals surface area contributed by atoms with Crippen LogP contribution in [0, 0.1) is 0 Å². The topological polar surface area (TPSA) is 57.6 Å². The van der Waals surface area contributed by atoms with E-state index < -0.39 is 10.0 Å². The number of aliphatic hydroxyl groups is 1. The van der Waals surface area contributed by atoms with Gasteiger partial charge in [0.25, 0.3) is 0 Å². The third kappa shape index (κ3) is 3.62. The molecule has 0 bridgehead atoms. The molecule has 1 aliphatic heterocycles. The van der Waals surface area contributed by atoms with Crippen LogP contribution in [-0.2, 0) is 23.1 Å². The Bertz CT molecular complexity index is 611. The van der Waals surface area contributed by atoms with Crippen LogP contribution in [0.2, 0.25) is 0 Å². The predicted molar refractivity (Wildman–Crippen MR) is 87.0 cm³/mol. The second-order valence-corrected chi connectivity index (χ2v) is 9.63. The van der Waals surface area contributed by atoms with E-state index in [1.165, 1.54) is 0 Å². The lowest BCUT2D eigenvalue weighted by Gasteiger charge is -2.36. The van der Waals surface area contributed by atoms with E-state index in [9.17, 15) is 13.5 Å². The standard InChI is InChI=1S/C15H23NO3S2/c1-4-12-5-6-14(9-13(12)10-17)21(18,19)16-7-8-20-15(2,3)11-16/h5-6,9,17H,4,7-8,10-11H2,1-3H3. The second kappa shape index (κ2) is 6.28. The Balaban J connectivity index is 2.35. The van der Waals surface area contributed by atoms with Crippen LogP contribution in [-0.4, -0.2) is 41.4 Å². The minimum absolute atomic E-state index is 0.0610. The number of thioether (sulfide) groups is 1. The Morgan fingerprint density at radius 3 is 2.62 bits per heavy atom. The molecule has 0 aromatic heterocycles. The Labute approximate surface area is 131 Å². The molecular formula is C15H23NO3S2.